The molecule has 1 aromatic carbocycles. The van der Waals surface area contributed by atoms with E-state index in [1.54, 1.807) is 0 Å². The van der Waals surface area contributed by atoms with Crippen LogP contribution in [0.4, 0.5) is 5.69 Å². The number of hydrogen-bond acceptors (Lipinski definition) is 3. The standard InChI is InChI=1S/C24H35N3O.ClH/c1-23-11-6-5-7-19(23)17-21(10-12-23)26-15-13-24(14-16-26)22(28)25-18-27(24)20-8-3-2-4-9-20;/h2-4,8-9,19,21H,5-7,10-18H2,1H3,(H,25,28);1H/t19-,21+,23+;/m1./s1. The summed E-state index contributed by atoms with van der Waals surface area (Å²) >= 11 is 0. The van der Waals surface area contributed by atoms with E-state index in [9.17, 15) is 4.79 Å². The molecule has 0 radical (unpaired) electrons. The highest BCUT2D eigenvalue weighted by Gasteiger charge is 2.51. The van der Waals surface area contributed by atoms with Crippen molar-refractivity contribution < 1.29 is 4.79 Å². The Balaban J connectivity index is 0.00000205. The summed E-state index contributed by atoms with van der Waals surface area (Å²) in [6, 6.07) is 11.2. The van der Waals surface area contributed by atoms with E-state index < -0.39 is 0 Å². The predicted octanol–water partition coefficient (Wildman–Crippen LogP) is 4.59. The van der Waals surface area contributed by atoms with Gasteiger partial charge in [-0.2, -0.15) is 0 Å². The Kier molecular flexibility index (Phi) is 5.87. The maximum Gasteiger partial charge on any atom is 0.247 e. The first-order chi connectivity index (χ1) is 13.6. The molecule has 160 valence electrons. The summed E-state index contributed by atoms with van der Waals surface area (Å²) in [7, 11) is 0. The minimum atomic E-state index is -0.341. The topological polar surface area (TPSA) is 35.6 Å². The van der Waals surface area contributed by atoms with Crippen LogP contribution in [0, 0.1) is 11.3 Å². The number of hydrogen-bond donors (Lipinski definition) is 1. The third-order valence-electron chi connectivity index (χ3n) is 8.69. The number of para-hydroxylation sites is 1. The number of halogens is 1. The van der Waals surface area contributed by atoms with Crippen molar-refractivity contribution in [3.8, 4) is 0 Å². The number of carbonyl (C=O) groups is 1. The first-order valence-corrected chi connectivity index (χ1v) is 11.5. The van der Waals surface area contributed by atoms with Gasteiger partial charge in [0.05, 0.1) is 6.67 Å². The molecule has 5 heteroatoms. The molecule has 0 bridgehead atoms. The van der Waals surface area contributed by atoms with E-state index in [1.165, 1.54) is 50.6 Å². The number of amides is 1. The SMILES string of the molecule is C[C@@]12CCCC[C@@H]1C[C@@H](N1CCC3(CC1)C(=O)NCN3c1ccccc1)CC2.Cl. The lowest BCUT2D eigenvalue weighted by Gasteiger charge is -2.52. The Morgan fingerprint density at radius 1 is 1.00 bits per heavy atom. The third-order valence-corrected chi connectivity index (χ3v) is 8.69. The first kappa shape index (κ1) is 21.0. The second-order valence-electron chi connectivity index (χ2n) is 10.0. The number of rotatable bonds is 2. The molecule has 3 atom stereocenters. The zero-order valence-corrected chi connectivity index (χ0v) is 18.6. The number of nitrogens with one attached hydrogen (secondary N) is 1. The highest BCUT2D eigenvalue weighted by Crippen LogP contribution is 2.51. The van der Waals surface area contributed by atoms with Crippen LogP contribution in [0.3, 0.4) is 0 Å². The summed E-state index contributed by atoms with van der Waals surface area (Å²) in [5, 5.41) is 3.13. The van der Waals surface area contributed by atoms with E-state index in [-0.39, 0.29) is 23.9 Å². The molecule has 2 saturated carbocycles. The van der Waals surface area contributed by atoms with Crippen LogP contribution in [0.2, 0.25) is 0 Å². The fraction of sp³-hybridized carbons (Fsp3) is 0.708. The molecule has 4 fully saturated rings. The molecule has 0 unspecified atom stereocenters. The zero-order chi connectivity index (χ0) is 19.2. The molecule has 2 heterocycles. The number of piperidine rings is 1. The van der Waals surface area contributed by atoms with Crippen LogP contribution in [0.25, 0.3) is 0 Å². The summed E-state index contributed by atoms with van der Waals surface area (Å²) in [5.41, 5.74) is 1.44. The molecule has 5 rings (SSSR count). The van der Waals surface area contributed by atoms with Crippen molar-refractivity contribution in [2.75, 3.05) is 24.7 Å². The molecule has 0 aromatic heterocycles. The quantitative estimate of drug-likeness (QED) is 0.764. The van der Waals surface area contributed by atoms with E-state index in [1.807, 2.05) is 6.07 Å². The van der Waals surface area contributed by atoms with Gasteiger partial charge < -0.3 is 15.1 Å². The molecule has 1 N–H and O–H groups in total. The van der Waals surface area contributed by atoms with Crippen LogP contribution in [-0.4, -0.2) is 42.1 Å². The smallest absolute Gasteiger partial charge is 0.247 e. The molecule has 1 spiro atoms. The number of nitrogens with zero attached hydrogens (tertiary/aromatic N) is 2. The number of fused-ring (bicyclic) bond motifs is 1. The minimum absolute atomic E-state index is 0. The molecule has 1 amide bonds. The van der Waals surface area contributed by atoms with Crippen LogP contribution in [0.1, 0.15) is 64.7 Å². The van der Waals surface area contributed by atoms with Crippen molar-refractivity contribution in [3.05, 3.63) is 30.3 Å². The van der Waals surface area contributed by atoms with E-state index in [0.717, 1.165) is 37.9 Å². The Morgan fingerprint density at radius 3 is 2.52 bits per heavy atom. The molecule has 29 heavy (non-hydrogen) atoms. The van der Waals surface area contributed by atoms with Crippen LogP contribution in [0.15, 0.2) is 30.3 Å². The highest BCUT2D eigenvalue weighted by atomic mass is 35.5. The molecule has 2 aliphatic heterocycles. The van der Waals surface area contributed by atoms with Gasteiger partial charge >= 0.3 is 0 Å². The van der Waals surface area contributed by atoms with E-state index in [4.69, 9.17) is 0 Å². The molecule has 4 nitrogen and oxygen atoms in total. The Hall–Kier alpha value is -1.26. The zero-order valence-electron chi connectivity index (χ0n) is 17.7. The van der Waals surface area contributed by atoms with Gasteiger partial charge in [0, 0.05) is 24.8 Å². The van der Waals surface area contributed by atoms with Crippen molar-refractivity contribution in [1.29, 1.82) is 0 Å². The first-order valence-electron chi connectivity index (χ1n) is 11.5. The number of benzene rings is 1. The lowest BCUT2D eigenvalue weighted by molar-refractivity contribution is -0.125. The van der Waals surface area contributed by atoms with Crippen molar-refractivity contribution in [2.24, 2.45) is 11.3 Å². The molecular formula is C24H36ClN3O. The number of carbonyl (C=O) groups excluding carboxylic acids is 1. The molecular weight excluding hydrogens is 382 g/mol. The Labute approximate surface area is 181 Å². The fourth-order valence-electron chi connectivity index (χ4n) is 6.77. The lowest BCUT2D eigenvalue weighted by Crippen LogP contribution is -2.58. The molecule has 1 aromatic rings. The average Bonchev–Trinajstić information content (AvgIpc) is 3.04. The van der Waals surface area contributed by atoms with Gasteiger partial charge in [0.2, 0.25) is 5.91 Å². The Bertz CT molecular complexity index is 718. The van der Waals surface area contributed by atoms with Crippen molar-refractivity contribution in [2.45, 2.75) is 76.3 Å². The minimum Gasteiger partial charge on any atom is -0.339 e. The van der Waals surface area contributed by atoms with E-state index >= 15 is 0 Å². The largest absolute Gasteiger partial charge is 0.339 e. The summed E-state index contributed by atoms with van der Waals surface area (Å²) in [6.07, 6.45) is 11.8. The van der Waals surface area contributed by atoms with E-state index in [0.29, 0.717) is 12.1 Å². The summed E-state index contributed by atoms with van der Waals surface area (Å²) in [5.74, 6) is 1.16. The monoisotopic (exact) mass is 417 g/mol. The molecule has 2 saturated heterocycles. The summed E-state index contributed by atoms with van der Waals surface area (Å²) in [6.45, 7) is 5.32. The average molecular weight is 418 g/mol. The van der Waals surface area contributed by atoms with Gasteiger partial charge in [0.1, 0.15) is 5.54 Å². The normalized spacial score (nSPS) is 34.4. The summed E-state index contributed by atoms with van der Waals surface area (Å²) in [4.78, 5) is 17.9. The number of likely N-dealkylation sites (tertiary alicyclic amines) is 1. The van der Waals surface area contributed by atoms with Crippen molar-refractivity contribution >= 4 is 24.0 Å². The van der Waals surface area contributed by atoms with Gasteiger partial charge in [-0.3, -0.25) is 4.79 Å². The van der Waals surface area contributed by atoms with Gasteiger partial charge in [-0.25, -0.2) is 0 Å². The van der Waals surface area contributed by atoms with Crippen LogP contribution in [0.5, 0.6) is 0 Å². The van der Waals surface area contributed by atoms with Crippen LogP contribution >= 0.6 is 12.4 Å². The van der Waals surface area contributed by atoms with Gasteiger partial charge in [-0.05, 0) is 68.4 Å². The Morgan fingerprint density at radius 2 is 1.76 bits per heavy atom. The number of anilines is 1. The lowest BCUT2D eigenvalue weighted by atomic mass is 9.59. The summed E-state index contributed by atoms with van der Waals surface area (Å²) < 4.78 is 0. The second-order valence-corrected chi connectivity index (χ2v) is 10.0. The van der Waals surface area contributed by atoms with Crippen molar-refractivity contribution in [3.63, 3.8) is 0 Å². The van der Waals surface area contributed by atoms with Gasteiger partial charge in [-0.1, -0.05) is 38.0 Å². The van der Waals surface area contributed by atoms with Crippen LogP contribution < -0.4 is 10.2 Å². The third kappa shape index (κ3) is 3.57. The fourth-order valence-corrected chi connectivity index (χ4v) is 6.77. The van der Waals surface area contributed by atoms with E-state index in [2.05, 4.69) is 46.3 Å². The van der Waals surface area contributed by atoms with Gasteiger partial charge in [-0.15, -0.1) is 12.4 Å². The van der Waals surface area contributed by atoms with Crippen molar-refractivity contribution in [1.82, 2.24) is 10.2 Å². The second kappa shape index (κ2) is 8.11. The molecule has 4 aliphatic rings. The highest BCUT2D eigenvalue weighted by molar-refractivity contribution is 5.93. The van der Waals surface area contributed by atoms with Gasteiger partial charge in [0.25, 0.3) is 0 Å². The van der Waals surface area contributed by atoms with Crippen LogP contribution in [-0.2, 0) is 4.79 Å². The molecule has 2 aliphatic carbocycles. The van der Waals surface area contributed by atoms with Gasteiger partial charge in [0.15, 0.2) is 0 Å². The maximum atomic E-state index is 12.9. The maximum absolute atomic E-state index is 12.9. The predicted molar refractivity (Wildman–Crippen MR) is 120 cm³/mol.